The van der Waals surface area contributed by atoms with Gasteiger partial charge in [-0.3, -0.25) is 4.21 Å². The summed E-state index contributed by atoms with van der Waals surface area (Å²) in [4.78, 5) is 3.90. The monoisotopic (exact) mass is 193 g/mol. The Labute approximate surface area is 91.2 Å². The quantitative estimate of drug-likeness (QED) is 0.389. The normalized spacial score (nSPS) is 11.6. The molecular weight excluding hydrogens is 185 g/mol. The molecule has 1 atom stereocenters. The number of pyridine rings is 1. The van der Waals surface area contributed by atoms with Crippen molar-refractivity contribution in [3.8, 4) is 5.88 Å². The summed E-state index contributed by atoms with van der Waals surface area (Å²) in [5.41, 5.74) is 0.787. The van der Waals surface area contributed by atoms with E-state index in [0.717, 1.165) is 5.56 Å². The summed E-state index contributed by atoms with van der Waals surface area (Å²) in [6, 6.07) is 1.51. The minimum atomic E-state index is -2.29. The van der Waals surface area contributed by atoms with Crippen LogP contribution in [0.25, 0.3) is 0 Å². The summed E-state index contributed by atoms with van der Waals surface area (Å²) in [5, 5.41) is 0. The van der Waals surface area contributed by atoms with Gasteiger partial charge in [-0.2, -0.15) is 0 Å². The molecule has 0 saturated carbocycles. The molecule has 1 rings (SSSR count). The Kier molecular flexibility index (Phi) is 5.26. The molecule has 0 aliphatic carbocycles. The summed E-state index contributed by atoms with van der Waals surface area (Å²) in [6.07, 6.45) is 1.55. The Balaban J connectivity index is 0.00000144. The molecule has 1 unspecified atom stereocenters. The van der Waals surface area contributed by atoms with Crippen LogP contribution in [-0.2, 0) is 11.1 Å². The zero-order chi connectivity index (χ0) is 9.14. The van der Waals surface area contributed by atoms with Crippen molar-refractivity contribution in [2.24, 2.45) is 0 Å². The molecule has 0 N–H and O–H groups in total. The van der Waals surface area contributed by atoms with E-state index in [2.05, 4.69) is 4.98 Å². The van der Waals surface area contributed by atoms with Gasteiger partial charge in [0.2, 0.25) is 5.88 Å². The van der Waals surface area contributed by atoms with Crippen LogP contribution in [0.5, 0.6) is 5.88 Å². The van der Waals surface area contributed by atoms with Crippen LogP contribution in [0.2, 0.25) is 0 Å². The average molecular weight is 193 g/mol. The first kappa shape index (κ1) is 12.7. The molecule has 0 spiro atoms. The Bertz CT molecular complexity index is 319. The number of hydrogen-bond acceptors (Lipinski definition) is 4. The molecule has 13 heavy (non-hydrogen) atoms. The average Bonchev–Trinajstić information content (AvgIpc) is 2.04. The maximum atomic E-state index is 10.6. The van der Waals surface area contributed by atoms with Crippen molar-refractivity contribution in [2.45, 2.75) is 11.8 Å². The maximum Gasteiger partial charge on any atom is 1.00 e. The van der Waals surface area contributed by atoms with E-state index < -0.39 is 11.1 Å². The number of methoxy groups -OCH3 is 1. The third-order valence-corrected chi connectivity index (χ3v) is 1.98. The van der Waals surface area contributed by atoms with E-state index in [0.29, 0.717) is 0 Å². The van der Waals surface area contributed by atoms with Crippen LogP contribution in [0.1, 0.15) is 5.56 Å². The summed E-state index contributed by atoms with van der Waals surface area (Å²) in [7, 11) is 1.38. The van der Waals surface area contributed by atoms with E-state index in [1.54, 1.807) is 13.1 Å². The van der Waals surface area contributed by atoms with Crippen LogP contribution in [0, 0.1) is 6.92 Å². The number of aromatic nitrogens is 1. The first-order valence-electron chi connectivity index (χ1n) is 3.25. The molecular formula is C7H8LiNO3S. The molecule has 0 bridgehead atoms. The van der Waals surface area contributed by atoms with E-state index in [9.17, 15) is 8.76 Å². The predicted molar refractivity (Wildman–Crippen MR) is 42.7 cm³/mol. The zero-order valence-corrected chi connectivity index (χ0v) is 8.55. The van der Waals surface area contributed by atoms with Gasteiger partial charge >= 0.3 is 18.9 Å². The number of ether oxygens (including phenoxy) is 1. The van der Waals surface area contributed by atoms with Gasteiger partial charge in [0.15, 0.2) is 0 Å². The van der Waals surface area contributed by atoms with Gasteiger partial charge in [0.25, 0.3) is 0 Å². The van der Waals surface area contributed by atoms with E-state index in [-0.39, 0.29) is 29.6 Å². The fourth-order valence-corrected chi connectivity index (χ4v) is 1.36. The number of hydrogen-bond donors (Lipinski definition) is 0. The predicted octanol–water partition coefficient (Wildman–Crippen LogP) is -2.36. The molecule has 4 nitrogen and oxygen atoms in total. The topological polar surface area (TPSA) is 62.2 Å². The summed E-state index contributed by atoms with van der Waals surface area (Å²) >= 11 is -2.29. The first-order valence-corrected chi connectivity index (χ1v) is 4.32. The molecule has 66 valence electrons. The van der Waals surface area contributed by atoms with Crippen molar-refractivity contribution < 1.29 is 32.4 Å². The van der Waals surface area contributed by atoms with Gasteiger partial charge in [0.1, 0.15) is 0 Å². The fraction of sp³-hybridized carbons (Fsp3) is 0.286. The Morgan fingerprint density at radius 2 is 2.23 bits per heavy atom. The maximum absolute atomic E-state index is 10.6. The zero-order valence-electron chi connectivity index (χ0n) is 7.73. The van der Waals surface area contributed by atoms with Crippen molar-refractivity contribution in [3.05, 3.63) is 17.8 Å². The summed E-state index contributed by atoms with van der Waals surface area (Å²) in [5.74, 6) is 0.133. The SMILES string of the molecule is COc1ncc(C)cc1S(=O)[O-].[Li+]. The van der Waals surface area contributed by atoms with Gasteiger partial charge in [-0.1, -0.05) is 0 Å². The van der Waals surface area contributed by atoms with Crippen LogP contribution in [-0.4, -0.2) is 20.9 Å². The minimum absolute atomic E-state index is 0. The van der Waals surface area contributed by atoms with Gasteiger partial charge in [0, 0.05) is 6.20 Å². The molecule has 1 aromatic rings. The van der Waals surface area contributed by atoms with Crippen LogP contribution in [0.15, 0.2) is 17.2 Å². The molecule has 1 aromatic heterocycles. The first-order chi connectivity index (χ1) is 5.65. The van der Waals surface area contributed by atoms with Gasteiger partial charge in [0.05, 0.1) is 12.0 Å². The number of rotatable bonds is 2. The molecule has 0 aliphatic heterocycles. The van der Waals surface area contributed by atoms with Crippen LogP contribution in [0.4, 0.5) is 0 Å². The third-order valence-electron chi connectivity index (χ3n) is 1.33. The Morgan fingerprint density at radius 1 is 1.62 bits per heavy atom. The molecule has 0 saturated heterocycles. The molecule has 0 fully saturated rings. The minimum Gasteiger partial charge on any atom is -0.768 e. The van der Waals surface area contributed by atoms with Gasteiger partial charge in [-0.15, -0.1) is 0 Å². The second-order valence-corrected chi connectivity index (χ2v) is 3.16. The fourth-order valence-electron chi connectivity index (χ4n) is 0.803. The second-order valence-electron chi connectivity index (χ2n) is 2.25. The smallest absolute Gasteiger partial charge is 0.768 e. The van der Waals surface area contributed by atoms with Crippen molar-refractivity contribution in [2.75, 3.05) is 7.11 Å². The summed E-state index contributed by atoms with van der Waals surface area (Å²) in [6.45, 7) is 1.77. The Morgan fingerprint density at radius 3 is 2.69 bits per heavy atom. The molecule has 0 aliphatic rings. The van der Waals surface area contributed by atoms with Crippen molar-refractivity contribution in [1.82, 2.24) is 4.98 Å². The van der Waals surface area contributed by atoms with E-state index in [1.165, 1.54) is 13.2 Å². The van der Waals surface area contributed by atoms with Crippen LogP contribution in [0.3, 0.4) is 0 Å². The molecule has 0 amide bonds. The van der Waals surface area contributed by atoms with Gasteiger partial charge in [-0.25, -0.2) is 4.98 Å². The molecule has 0 radical (unpaired) electrons. The Hall–Kier alpha value is -0.343. The van der Waals surface area contributed by atoms with Crippen molar-refractivity contribution in [3.63, 3.8) is 0 Å². The molecule has 6 heteroatoms. The summed E-state index contributed by atoms with van der Waals surface area (Å²) < 4.78 is 26.0. The van der Waals surface area contributed by atoms with Gasteiger partial charge < -0.3 is 9.29 Å². The molecule has 1 heterocycles. The van der Waals surface area contributed by atoms with Crippen LogP contribution < -0.4 is 23.6 Å². The van der Waals surface area contributed by atoms with E-state index in [1.807, 2.05) is 0 Å². The number of nitrogens with zero attached hydrogens (tertiary/aromatic N) is 1. The molecule has 0 aromatic carbocycles. The third kappa shape index (κ3) is 3.12. The van der Waals surface area contributed by atoms with Gasteiger partial charge in [-0.05, 0) is 29.6 Å². The van der Waals surface area contributed by atoms with Crippen LogP contribution >= 0.6 is 0 Å². The van der Waals surface area contributed by atoms with Crippen molar-refractivity contribution in [1.29, 1.82) is 0 Å². The number of aryl methyl sites for hydroxylation is 1. The van der Waals surface area contributed by atoms with Crippen molar-refractivity contribution >= 4 is 11.1 Å². The second kappa shape index (κ2) is 5.40. The van der Waals surface area contributed by atoms with E-state index in [4.69, 9.17) is 4.74 Å². The van der Waals surface area contributed by atoms with E-state index >= 15 is 0 Å². The standard InChI is InChI=1S/C7H9NO3S.Li/c1-5-3-6(12(9)10)7(11-2)8-4-5;/h3-4H,1-2H3,(H,9,10);/q;+1/p-1. The largest absolute Gasteiger partial charge is 1.00 e.